The number of nitrogens with one attached hydrogen (secondary N) is 1. The molecule has 0 bridgehead atoms. The summed E-state index contributed by atoms with van der Waals surface area (Å²) in [5.74, 6) is 0.422. The van der Waals surface area contributed by atoms with Gasteiger partial charge in [0.2, 0.25) is 0 Å². The smallest absolute Gasteiger partial charge is 0.338 e. The number of benzene rings is 2. The second-order valence-electron chi connectivity index (χ2n) is 5.12. The molecule has 2 aromatic rings. The number of hydrogen-bond donors (Lipinski definition) is 1. The van der Waals surface area contributed by atoms with Crippen LogP contribution < -0.4 is 19.5 Å². The number of ether oxygens (including phenoxy) is 4. The molecule has 0 aliphatic rings. The van der Waals surface area contributed by atoms with Crippen molar-refractivity contribution in [3.8, 4) is 17.2 Å². The van der Waals surface area contributed by atoms with Crippen molar-refractivity contribution >= 4 is 17.6 Å². The number of carbonyl (C=O) groups is 2. The molecule has 0 saturated heterocycles. The summed E-state index contributed by atoms with van der Waals surface area (Å²) >= 11 is 0. The first-order valence-corrected chi connectivity index (χ1v) is 7.99. The maximum atomic E-state index is 12.1. The molecule has 26 heavy (non-hydrogen) atoms. The molecule has 0 aromatic heterocycles. The van der Waals surface area contributed by atoms with Crippen LogP contribution in [0.3, 0.4) is 0 Å². The number of para-hydroxylation sites is 2. The van der Waals surface area contributed by atoms with Crippen LogP contribution in [0.4, 0.5) is 5.69 Å². The van der Waals surface area contributed by atoms with Crippen molar-refractivity contribution in [2.75, 3.05) is 32.8 Å². The van der Waals surface area contributed by atoms with Crippen LogP contribution in [0, 0.1) is 0 Å². The van der Waals surface area contributed by atoms with E-state index in [0.29, 0.717) is 28.5 Å². The van der Waals surface area contributed by atoms with Crippen molar-refractivity contribution < 1.29 is 28.5 Å². The molecular formula is C19H21NO6. The van der Waals surface area contributed by atoms with Gasteiger partial charge < -0.3 is 24.3 Å². The Hall–Kier alpha value is -3.22. The molecular weight excluding hydrogens is 338 g/mol. The third-order valence-corrected chi connectivity index (χ3v) is 3.41. The molecule has 0 radical (unpaired) electrons. The highest BCUT2D eigenvalue weighted by Crippen LogP contribution is 2.28. The van der Waals surface area contributed by atoms with Crippen molar-refractivity contribution in [2.45, 2.75) is 6.92 Å². The Kier molecular flexibility index (Phi) is 6.84. The van der Waals surface area contributed by atoms with Gasteiger partial charge in [-0.3, -0.25) is 4.79 Å². The number of methoxy groups -OCH3 is 2. The molecule has 1 amide bonds. The first kappa shape index (κ1) is 19.1. The van der Waals surface area contributed by atoms with Crippen molar-refractivity contribution in [2.24, 2.45) is 0 Å². The highest BCUT2D eigenvalue weighted by Gasteiger charge is 2.14. The minimum absolute atomic E-state index is 0.229. The molecule has 0 spiro atoms. The van der Waals surface area contributed by atoms with Gasteiger partial charge in [-0.25, -0.2) is 4.79 Å². The average molecular weight is 359 g/mol. The molecule has 0 saturated carbocycles. The lowest BCUT2D eigenvalue weighted by Gasteiger charge is -2.13. The second kappa shape index (κ2) is 9.31. The van der Waals surface area contributed by atoms with Crippen LogP contribution in [0.15, 0.2) is 42.5 Å². The zero-order valence-electron chi connectivity index (χ0n) is 14.9. The van der Waals surface area contributed by atoms with Gasteiger partial charge in [0.15, 0.2) is 18.1 Å². The van der Waals surface area contributed by atoms with Gasteiger partial charge in [0.25, 0.3) is 5.91 Å². The van der Waals surface area contributed by atoms with E-state index in [1.54, 1.807) is 43.3 Å². The Bertz CT molecular complexity index is 774. The molecule has 2 rings (SSSR count). The summed E-state index contributed by atoms with van der Waals surface area (Å²) < 4.78 is 20.8. The molecule has 7 nitrogen and oxygen atoms in total. The molecule has 0 unspecified atom stereocenters. The molecule has 0 aliphatic heterocycles. The van der Waals surface area contributed by atoms with E-state index in [2.05, 4.69) is 5.32 Å². The Morgan fingerprint density at radius 1 is 0.962 bits per heavy atom. The maximum absolute atomic E-state index is 12.1. The molecule has 0 heterocycles. The summed E-state index contributed by atoms with van der Waals surface area (Å²) in [5.41, 5.74) is 0.891. The van der Waals surface area contributed by atoms with Gasteiger partial charge in [-0.1, -0.05) is 12.1 Å². The zero-order chi connectivity index (χ0) is 18.9. The van der Waals surface area contributed by atoms with Crippen molar-refractivity contribution in [1.29, 1.82) is 0 Å². The number of rotatable bonds is 8. The van der Waals surface area contributed by atoms with Gasteiger partial charge in [-0.05, 0) is 37.3 Å². The predicted molar refractivity (Wildman–Crippen MR) is 96.1 cm³/mol. The van der Waals surface area contributed by atoms with E-state index < -0.39 is 5.97 Å². The molecule has 0 aliphatic carbocycles. The lowest BCUT2D eigenvalue weighted by molar-refractivity contribution is -0.118. The lowest BCUT2D eigenvalue weighted by Crippen LogP contribution is -2.20. The van der Waals surface area contributed by atoms with E-state index >= 15 is 0 Å². The van der Waals surface area contributed by atoms with Gasteiger partial charge in [0.05, 0.1) is 32.1 Å². The largest absolute Gasteiger partial charge is 0.495 e. The van der Waals surface area contributed by atoms with Gasteiger partial charge >= 0.3 is 5.97 Å². The quantitative estimate of drug-likeness (QED) is 0.730. The summed E-state index contributed by atoms with van der Waals surface area (Å²) in [6.45, 7) is 1.78. The van der Waals surface area contributed by atoms with Crippen LogP contribution in [0.2, 0.25) is 0 Å². The first-order valence-electron chi connectivity index (χ1n) is 7.99. The fraction of sp³-hybridized carbons (Fsp3) is 0.263. The normalized spacial score (nSPS) is 9.96. The molecule has 7 heteroatoms. The Morgan fingerprint density at radius 2 is 1.69 bits per heavy atom. The molecule has 0 atom stereocenters. The topological polar surface area (TPSA) is 83.1 Å². The van der Waals surface area contributed by atoms with E-state index in [9.17, 15) is 9.59 Å². The van der Waals surface area contributed by atoms with E-state index in [4.69, 9.17) is 18.9 Å². The standard InChI is InChI=1S/C19H21NO6/c1-4-25-19(22)13-9-10-16(17(11-13)24-3)26-12-18(21)20-14-7-5-6-8-15(14)23-2/h5-11H,4,12H2,1-3H3,(H,20,21). The SMILES string of the molecule is CCOC(=O)c1ccc(OCC(=O)Nc2ccccc2OC)c(OC)c1. The van der Waals surface area contributed by atoms with Crippen LogP contribution in [0.1, 0.15) is 17.3 Å². The third-order valence-electron chi connectivity index (χ3n) is 3.41. The Morgan fingerprint density at radius 3 is 2.38 bits per heavy atom. The van der Waals surface area contributed by atoms with Crippen molar-refractivity contribution in [3.63, 3.8) is 0 Å². The van der Waals surface area contributed by atoms with E-state index in [-0.39, 0.29) is 19.1 Å². The molecule has 138 valence electrons. The van der Waals surface area contributed by atoms with E-state index in [1.807, 2.05) is 0 Å². The highest BCUT2D eigenvalue weighted by molar-refractivity contribution is 5.93. The fourth-order valence-corrected chi connectivity index (χ4v) is 2.21. The molecule has 0 fully saturated rings. The van der Waals surface area contributed by atoms with E-state index in [1.165, 1.54) is 20.3 Å². The minimum atomic E-state index is -0.453. The second-order valence-corrected chi connectivity index (χ2v) is 5.12. The monoisotopic (exact) mass is 359 g/mol. The van der Waals surface area contributed by atoms with Crippen LogP contribution in [0.5, 0.6) is 17.2 Å². The summed E-state index contributed by atoms with van der Waals surface area (Å²) in [6.07, 6.45) is 0. The average Bonchev–Trinajstić information content (AvgIpc) is 2.66. The van der Waals surface area contributed by atoms with Crippen molar-refractivity contribution in [1.82, 2.24) is 0 Å². The van der Waals surface area contributed by atoms with Gasteiger partial charge in [-0.2, -0.15) is 0 Å². The summed E-state index contributed by atoms with van der Waals surface area (Å²) in [5, 5.41) is 2.71. The highest BCUT2D eigenvalue weighted by atomic mass is 16.5. The fourth-order valence-electron chi connectivity index (χ4n) is 2.21. The predicted octanol–water partition coefficient (Wildman–Crippen LogP) is 2.90. The third kappa shape index (κ3) is 4.89. The van der Waals surface area contributed by atoms with E-state index in [0.717, 1.165) is 0 Å². The van der Waals surface area contributed by atoms with Gasteiger partial charge in [0.1, 0.15) is 5.75 Å². The number of hydrogen-bond acceptors (Lipinski definition) is 6. The lowest BCUT2D eigenvalue weighted by atomic mass is 10.2. The summed E-state index contributed by atoms with van der Waals surface area (Å²) in [7, 11) is 2.98. The number of esters is 1. The number of amides is 1. The minimum Gasteiger partial charge on any atom is -0.495 e. The van der Waals surface area contributed by atoms with Crippen molar-refractivity contribution in [3.05, 3.63) is 48.0 Å². The van der Waals surface area contributed by atoms with Gasteiger partial charge in [-0.15, -0.1) is 0 Å². The Balaban J connectivity index is 2.02. The van der Waals surface area contributed by atoms with Gasteiger partial charge in [0, 0.05) is 0 Å². The maximum Gasteiger partial charge on any atom is 0.338 e. The summed E-state index contributed by atoms with van der Waals surface area (Å²) in [6, 6.07) is 11.7. The Labute approximate surface area is 151 Å². The van der Waals surface area contributed by atoms with Crippen LogP contribution >= 0.6 is 0 Å². The van der Waals surface area contributed by atoms with Crippen LogP contribution in [-0.2, 0) is 9.53 Å². The summed E-state index contributed by atoms with van der Waals surface area (Å²) in [4.78, 5) is 23.9. The first-order chi connectivity index (χ1) is 12.6. The van der Waals surface area contributed by atoms with Crippen LogP contribution in [0.25, 0.3) is 0 Å². The molecule has 1 N–H and O–H groups in total. The van der Waals surface area contributed by atoms with Crippen LogP contribution in [-0.4, -0.2) is 39.3 Å². The number of carbonyl (C=O) groups excluding carboxylic acids is 2. The number of anilines is 1. The zero-order valence-corrected chi connectivity index (χ0v) is 14.9. The molecule has 2 aromatic carbocycles.